The topological polar surface area (TPSA) is 50.8 Å². The van der Waals surface area contributed by atoms with Gasteiger partial charge in [0.15, 0.2) is 0 Å². The zero-order valence-corrected chi connectivity index (χ0v) is 13.4. The molecule has 0 bridgehead atoms. The Bertz CT molecular complexity index is 447. The minimum absolute atomic E-state index is 0.0170. The average molecular weight is 294 g/mol. The molecule has 0 atom stereocenters. The van der Waals surface area contributed by atoms with Crippen LogP contribution in [0.1, 0.15) is 18.4 Å². The number of carbonyl (C=O) groups is 1. The summed E-state index contributed by atoms with van der Waals surface area (Å²) in [6.45, 7) is 1.76. The van der Waals surface area contributed by atoms with E-state index < -0.39 is 0 Å². The standard InChI is InChI=1S/C16H26N2O3/c1-18(2)10-6-5-9-17-16(19)11-13-7-8-14(20-3)12-15(13)21-4/h7-8,12H,5-6,9-11H2,1-4H3,(H,17,19). The molecule has 1 N–H and O–H groups in total. The van der Waals surface area contributed by atoms with Crippen molar-refractivity contribution in [2.45, 2.75) is 19.3 Å². The summed E-state index contributed by atoms with van der Waals surface area (Å²) in [5.74, 6) is 1.42. The summed E-state index contributed by atoms with van der Waals surface area (Å²) in [6, 6.07) is 5.49. The Hall–Kier alpha value is -1.75. The fourth-order valence-electron chi connectivity index (χ4n) is 2.01. The van der Waals surface area contributed by atoms with Crippen molar-refractivity contribution in [3.05, 3.63) is 23.8 Å². The molecule has 0 aliphatic heterocycles. The van der Waals surface area contributed by atoms with Crippen LogP contribution in [0.3, 0.4) is 0 Å². The Kier molecular flexibility index (Phi) is 7.61. The van der Waals surface area contributed by atoms with Gasteiger partial charge in [-0.05, 0) is 39.5 Å². The van der Waals surface area contributed by atoms with Gasteiger partial charge in [-0.3, -0.25) is 4.79 Å². The molecule has 1 rings (SSSR count). The summed E-state index contributed by atoms with van der Waals surface area (Å²) in [4.78, 5) is 14.1. The third kappa shape index (κ3) is 6.49. The Morgan fingerprint density at radius 2 is 1.95 bits per heavy atom. The smallest absolute Gasteiger partial charge is 0.224 e. The first-order chi connectivity index (χ1) is 10.1. The molecule has 0 saturated carbocycles. The first kappa shape index (κ1) is 17.3. The highest BCUT2D eigenvalue weighted by Crippen LogP contribution is 2.24. The third-order valence-electron chi connectivity index (χ3n) is 3.20. The molecule has 1 aromatic rings. The highest BCUT2D eigenvalue weighted by atomic mass is 16.5. The van der Waals surface area contributed by atoms with Crippen LogP contribution in [0.25, 0.3) is 0 Å². The Morgan fingerprint density at radius 1 is 1.19 bits per heavy atom. The number of nitrogens with one attached hydrogen (secondary N) is 1. The van der Waals surface area contributed by atoms with E-state index >= 15 is 0 Å². The number of hydrogen-bond acceptors (Lipinski definition) is 4. The molecule has 5 nitrogen and oxygen atoms in total. The first-order valence-electron chi connectivity index (χ1n) is 7.19. The summed E-state index contributed by atoms with van der Waals surface area (Å²) < 4.78 is 10.4. The second-order valence-electron chi connectivity index (χ2n) is 5.21. The fraction of sp³-hybridized carbons (Fsp3) is 0.562. The van der Waals surface area contributed by atoms with Crippen molar-refractivity contribution in [1.29, 1.82) is 0 Å². The SMILES string of the molecule is COc1ccc(CC(=O)NCCCCN(C)C)c(OC)c1. The van der Waals surface area contributed by atoms with E-state index in [1.807, 2.05) is 12.1 Å². The monoisotopic (exact) mass is 294 g/mol. The van der Waals surface area contributed by atoms with Gasteiger partial charge in [-0.2, -0.15) is 0 Å². The maximum absolute atomic E-state index is 11.9. The number of nitrogens with zero attached hydrogens (tertiary/aromatic N) is 1. The number of ether oxygens (including phenoxy) is 2. The number of amides is 1. The maximum Gasteiger partial charge on any atom is 0.224 e. The largest absolute Gasteiger partial charge is 0.497 e. The van der Waals surface area contributed by atoms with Crippen molar-refractivity contribution in [1.82, 2.24) is 10.2 Å². The maximum atomic E-state index is 11.9. The molecule has 0 fully saturated rings. The number of benzene rings is 1. The summed E-state index contributed by atoms with van der Waals surface area (Å²) in [6.07, 6.45) is 2.39. The van der Waals surface area contributed by atoms with Crippen LogP contribution in [0.2, 0.25) is 0 Å². The van der Waals surface area contributed by atoms with E-state index in [4.69, 9.17) is 9.47 Å². The predicted octanol–water partition coefficient (Wildman–Crippen LogP) is 1.70. The molecular weight excluding hydrogens is 268 g/mol. The summed E-state index contributed by atoms with van der Waals surface area (Å²) in [5.41, 5.74) is 0.865. The zero-order chi connectivity index (χ0) is 15.7. The van der Waals surface area contributed by atoms with Gasteiger partial charge in [0.25, 0.3) is 0 Å². The second kappa shape index (κ2) is 9.23. The zero-order valence-electron chi connectivity index (χ0n) is 13.4. The number of rotatable bonds is 9. The van der Waals surface area contributed by atoms with Crippen LogP contribution in [0.15, 0.2) is 18.2 Å². The van der Waals surface area contributed by atoms with E-state index in [0.717, 1.165) is 30.7 Å². The van der Waals surface area contributed by atoms with E-state index in [2.05, 4.69) is 24.3 Å². The lowest BCUT2D eigenvalue weighted by molar-refractivity contribution is -0.120. The van der Waals surface area contributed by atoms with Crippen LogP contribution in [0.5, 0.6) is 11.5 Å². The minimum Gasteiger partial charge on any atom is -0.497 e. The highest BCUT2D eigenvalue weighted by Gasteiger charge is 2.09. The molecule has 1 amide bonds. The molecule has 21 heavy (non-hydrogen) atoms. The van der Waals surface area contributed by atoms with Gasteiger partial charge in [0, 0.05) is 18.2 Å². The molecule has 118 valence electrons. The van der Waals surface area contributed by atoms with E-state index in [1.165, 1.54) is 0 Å². The molecular formula is C16H26N2O3. The van der Waals surface area contributed by atoms with Crippen LogP contribution >= 0.6 is 0 Å². The molecule has 0 aliphatic carbocycles. The van der Waals surface area contributed by atoms with Gasteiger partial charge < -0.3 is 19.7 Å². The van der Waals surface area contributed by atoms with Crippen LogP contribution in [-0.2, 0) is 11.2 Å². The Morgan fingerprint density at radius 3 is 2.57 bits per heavy atom. The lowest BCUT2D eigenvalue weighted by Gasteiger charge is -2.11. The van der Waals surface area contributed by atoms with Gasteiger partial charge in [0.1, 0.15) is 11.5 Å². The van der Waals surface area contributed by atoms with Crippen molar-refractivity contribution in [2.75, 3.05) is 41.4 Å². The highest BCUT2D eigenvalue weighted by molar-refractivity contribution is 5.79. The van der Waals surface area contributed by atoms with E-state index in [1.54, 1.807) is 20.3 Å². The van der Waals surface area contributed by atoms with Gasteiger partial charge in [0.2, 0.25) is 5.91 Å². The van der Waals surface area contributed by atoms with Gasteiger partial charge >= 0.3 is 0 Å². The molecule has 0 saturated heterocycles. The normalized spacial score (nSPS) is 10.5. The van der Waals surface area contributed by atoms with Crippen molar-refractivity contribution in [2.24, 2.45) is 0 Å². The number of hydrogen-bond donors (Lipinski definition) is 1. The van der Waals surface area contributed by atoms with Crippen LogP contribution in [0, 0.1) is 0 Å². The Labute approximate surface area is 127 Å². The second-order valence-corrected chi connectivity index (χ2v) is 5.21. The summed E-state index contributed by atoms with van der Waals surface area (Å²) in [7, 11) is 7.30. The molecule has 0 spiro atoms. The predicted molar refractivity (Wildman–Crippen MR) is 84.0 cm³/mol. The lowest BCUT2D eigenvalue weighted by Crippen LogP contribution is -2.27. The molecule has 0 aliphatic rings. The summed E-state index contributed by atoms with van der Waals surface area (Å²) in [5, 5.41) is 2.94. The van der Waals surface area contributed by atoms with Gasteiger partial charge in [-0.15, -0.1) is 0 Å². The van der Waals surface area contributed by atoms with Crippen LogP contribution in [0.4, 0.5) is 0 Å². The molecule has 1 aromatic carbocycles. The van der Waals surface area contributed by atoms with Gasteiger partial charge in [-0.1, -0.05) is 6.07 Å². The average Bonchev–Trinajstić information content (AvgIpc) is 2.47. The minimum atomic E-state index is 0.0170. The van der Waals surface area contributed by atoms with Crippen molar-refractivity contribution < 1.29 is 14.3 Å². The molecule has 0 aromatic heterocycles. The lowest BCUT2D eigenvalue weighted by atomic mass is 10.1. The van der Waals surface area contributed by atoms with Crippen LogP contribution in [-0.4, -0.2) is 52.2 Å². The number of unbranched alkanes of at least 4 members (excludes halogenated alkanes) is 1. The number of carbonyl (C=O) groups excluding carboxylic acids is 1. The summed E-state index contributed by atoms with van der Waals surface area (Å²) >= 11 is 0. The number of methoxy groups -OCH3 is 2. The van der Waals surface area contributed by atoms with Crippen molar-refractivity contribution in [3.63, 3.8) is 0 Å². The van der Waals surface area contributed by atoms with Crippen molar-refractivity contribution in [3.8, 4) is 11.5 Å². The third-order valence-corrected chi connectivity index (χ3v) is 3.20. The van der Waals surface area contributed by atoms with Gasteiger partial charge in [0.05, 0.1) is 20.6 Å². The molecule has 0 radical (unpaired) electrons. The molecule has 5 heteroatoms. The molecule has 0 heterocycles. The van der Waals surface area contributed by atoms with Crippen LogP contribution < -0.4 is 14.8 Å². The quantitative estimate of drug-likeness (QED) is 0.704. The molecule has 0 unspecified atom stereocenters. The van der Waals surface area contributed by atoms with Crippen molar-refractivity contribution >= 4 is 5.91 Å². The first-order valence-corrected chi connectivity index (χ1v) is 7.19. The van der Waals surface area contributed by atoms with E-state index in [-0.39, 0.29) is 5.91 Å². The Balaban J connectivity index is 2.40. The fourth-order valence-corrected chi connectivity index (χ4v) is 2.01. The van der Waals surface area contributed by atoms with E-state index in [0.29, 0.717) is 18.7 Å². The van der Waals surface area contributed by atoms with Gasteiger partial charge in [-0.25, -0.2) is 0 Å². The van der Waals surface area contributed by atoms with E-state index in [9.17, 15) is 4.79 Å².